The van der Waals surface area contributed by atoms with Crippen molar-refractivity contribution in [3.05, 3.63) is 83.4 Å². The second-order valence-corrected chi connectivity index (χ2v) is 7.45. The van der Waals surface area contributed by atoms with E-state index in [2.05, 4.69) is 15.5 Å². The number of anilines is 1. The van der Waals surface area contributed by atoms with Gasteiger partial charge in [0.1, 0.15) is 0 Å². The van der Waals surface area contributed by atoms with Crippen LogP contribution >= 0.6 is 11.6 Å². The normalized spacial score (nSPS) is 10.6. The van der Waals surface area contributed by atoms with Crippen LogP contribution in [-0.2, 0) is 13.3 Å². The van der Waals surface area contributed by atoms with Crippen LogP contribution < -0.4 is 19.5 Å². The van der Waals surface area contributed by atoms with Gasteiger partial charge < -0.3 is 19.5 Å². The molecule has 0 radical (unpaired) electrons. The number of halogens is 1. The summed E-state index contributed by atoms with van der Waals surface area (Å²) < 4.78 is 19.7. The fraction of sp³-hybridized carbons (Fsp3) is 0.174. The Kier molecular flexibility index (Phi) is 6.80. The summed E-state index contributed by atoms with van der Waals surface area (Å²) in [5, 5.41) is 12.0. The van der Waals surface area contributed by atoms with Gasteiger partial charge in [0.25, 0.3) is 5.91 Å². The monoisotopic (exact) mass is 467 g/mol. The summed E-state index contributed by atoms with van der Waals surface area (Å²) in [5.41, 5.74) is 1.81. The third-order valence-corrected chi connectivity index (χ3v) is 4.96. The Morgan fingerprint density at radius 3 is 2.55 bits per heavy atom. The van der Waals surface area contributed by atoms with Gasteiger partial charge in [-0.2, -0.15) is 10.2 Å². The van der Waals surface area contributed by atoms with Crippen LogP contribution in [0.15, 0.2) is 67.1 Å². The summed E-state index contributed by atoms with van der Waals surface area (Å²) in [6.45, 7) is 0.608. The number of methoxy groups -OCH3 is 2. The smallest absolute Gasteiger partial charge is 0.276 e. The maximum absolute atomic E-state index is 12.6. The van der Waals surface area contributed by atoms with Crippen LogP contribution in [0.2, 0.25) is 5.02 Å². The molecule has 4 aromatic rings. The number of nitrogens with zero attached hydrogens (tertiary/aromatic N) is 4. The van der Waals surface area contributed by atoms with Gasteiger partial charge in [-0.3, -0.25) is 9.48 Å². The van der Waals surface area contributed by atoms with Gasteiger partial charge in [0.2, 0.25) is 5.75 Å². The van der Waals surface area contributed by atoms with E-state index in [0.29, 0.717) is 34.5 Å². The van der Waals surface area contributed by atoms with Crippen molar-refractivity contribution in [1.82, 2.24) is 19.6 Å². The van der Waals surface area contributed by atoms with Crippen LogP contribution in [0.3, 0.4) is 0 Å². The van der Waals surface area contributed by atoms with Crippen LogP contribution in [0, 0.1) is 0 Å². The molecule has 33 heavy (non-hydrogen) atoms. The zero-order valence-electron chi connectivity index (χ0n) is 18.1. The molecule has 0 spiro atoms. The first-order valence-corrected chi connectivity index (χ1v) is 10.4. The lowest BCUT2D eigenvalue weighted by atomic mass is 10.2. The van der Waals surface area contributed by atoms with E-state index in [1.807, 2.05) is 24.3 Å². The van der Waals surface area contributed by atoms with Crippen LogP contribution in [-0.4, -0.2) is 39.7 Å². The number of rotatable bonds is 9. The zero-order valence-corrected chi connectivity index (χ0v) is 18.8. The summed E-state index contributed by atoms with van der Waals surface area (Å²) in [6.07, 6.45) is 4.97. The van der Waals surface area contributed by atoms with Crippen molar-refractivity contribution in [3.63, 3.8) is 0 Å². The summed E-state index contributed by atoms with van der Waals surface area (Å²) in [6, 6.07) is 14.5. The van der Waals surface area contributed by atoms with E-state index in [-0.39, 0.29) is 18.3 Å². The number of ether oxygens (including phenoxy) is 3. The SMILES string of the molecule is COc1cccc(OC)c1OCn1ccc(C(=O)Nc2cnn(Cc3cccc(Cl)c3)c2)n1. The fourth-order valence-electron chi connectivity index (χ4n) is 3.18. The zero-order chi connectivity index (χ0) is 23.2. The van der Waals surface area contributed by atoms with Crippen molar-refractivity contribution in [2.75, 3.05) is 19.5 Å². The molecule has 0 aliphatic carbocycles. The Labute approximate surface area is 195 Å². The van der Waals surface area contributed by atoms with Crippen molar-refractivity contribution < 1.29 is 19.0 Å². The summed E-state index contributed by atoms with van der Waals surface area (Å²) in [4.78, 5) is 12.6. The van der Waals surface area contributed by atoms with E-state index in [9.17, 15) is 4.79 Å². The van der Waals surface area contributed by atoms with Gasteiger partial charge >= 0.3 is 0 Å². The number of amides is 1. The second kappa shape index (κ2) is 10.1. The van der Waals surface area contributed by atoms with Gasteiger partial charge in [0.05, 0.1) is 32.6 Å². The molecule has 0 unspecified atom stereocenters. The topological polar surface area (TPSA) is 92.4 Å². The lowest BCUT2D eigenvalue weighted by Gasteiger charge is -2.13. The number of para-hydroxylation sites is 1. The van der Waals surface area contributed by atoms with Crippen LogP contribution in [0.4, 0.5) is 5.69 Å². The van der Waals surface area contributed by atoms with Crippen molar-refractivity contribution in [2.24, 2.45) is 0 Å². The molecule has 2 aromatic heterocycles. The molecule has 0 bridgehead atoms. The Bertz CT molecular complexity index is 1230. The summed E-state index contributed by atoms with van der Waals surface area (Å²) in [7, 11) is 3.10. The van der Waals surface area contributed by atoms with E-state index in [1.54, 1.807) is 61.8 Å². The van der Waals surface area contributed by atoms with Crippen molar-refractivity contribution in [3.8, 4) is 17.2 Å². The van der Waals surface area contributed by atoms with Gasteiger partial charge in [0, 0.05) is 17.4 Å². The van der Waals surface area contributed by atoms with Gasteiger partial charge in [-0.1, -0.05) is 29.8 Å². The predicted octanol–water partition coefficient (Wildman–Crippen LogP) is 4.09. The van der Waals surface area contributed by atoms with E-state index >= 15 is 0 Å². The largest absolute Gasteiger partial charge is 0.493 e. The molecular weight excluding hydrogens is 446 g/mol. The molecule has 4 rings (SSSR count). The first kappa shape index (κ1) is 22.2. The molecule has 0 saturated carbocycles. The Morgan fingerprint density at radius 1 is 1.06 bits per heavy atom. The van der Waals surface area contributed by atoms with Crippen LogP contribution in [0.1, 0.15) is 16.1 Å². The lowest BCUT2D eigenvalue weighted by Crippen LogP contribution is -2.14. The third-order valence-electron chi connectivity index (χ3n) is 4.72. The second-order valence-electron chi connectivity index (χ2n) is 7.02. The standard InChI is InChI=1S/C23H22ClN5O4/c1-31-20-7-4-8-21(32-2)22(20)33-15-28-10-9-19(27-28)23(30)26-18-12-25-29(14-18)13-16-5-3-6-17(24)11-16/h3-12,14H,13,15H2,1-2H3,(H,26,30). The summed E-state index contributed by atoms with van der Waals surface area (Å²) in [5.74, 6) is 1.17. The molecule has 9 nitrogen and oxygen atoms in total. The average Bonchev–Trinajstić information content (AvgIpc) is 3.47. The maximum atomic E-state index is 12.6. The molecule has 0 fully saturated rings. The number of carbonyl (C=O) groups is 1. The molecule has 170 valence electrons. The van der Waals surface area contributed by atoms with Gasteiger partial charge in [-0.05, 0) is 35.9 Å². The molecular formula is C23H22ClN5O4. The number of benzene rings is 2. The molecule has 1 N–H and O–H groups in total. The number of nitrogens with one attached hydrogen (secondary N) is 1. The van der Waals surface area contributed by atoms with Crippen molar-refractivity contribution in [1.29, 1.82) is 0 Å². The van der Waals surface area contributed by atoms with E-state index in [4.69, 9.17) is 25.8 Å². The molecule has 2 aromatic carbocycles. The van der Waals surface area contributed by atoms with Crippen LogP contribution in [0.25, 0.3) is 0 Å². The molecule has 0 aliphatic heterocycles. The minimum absolute atomic E-state index is 0.0710. The highest BCUT2D eigenvalue weighted by atomic mass is 35.5. The van der Waals surface area contributed by atoms with Gasteiger partial charge in [0.15, 0.2) is 23.9 Å². The molecule has 1 amide bonds. The highest BCUT2D eigenvalue weighted by molar-refractivity contribution is 6.30. The van der Waals surface area contributed by atoms with Crippen molar-refractivity contribution >= 4 is 23.2 Å². The van der Waals surface area contributed by atoms with Gasteiger partial charge in [-0.15, -0.1) is 0 Å². The van der Waals surface area contributed by atoms with Crippen molar-refractivity contribution in [2.45, 2.75) is 13.3 Å². The molecule has 0 aliphatic rings. The minimum Gasteiger partial charge on any atom is -0.493 e. The highest BCUT2D eigenvalue weighted by Crippen LogP contribution is 2.36. The first-order valence-electron chi connectivity index (χ1n) is 10.0. The maximum Gasteiger partial charge on any atom is 0.276 e. The Hall–Kier alpha value is -3.98. The number of hydrogen-bond donors (Lipinski definition) is 1. The molecule has 0 saturated heterocycles. The number of aromatic nitrogens is 4. The summed E-state index contributed by atoms with van der Waals surface area (Å²) >= 11 is 6.03. The Balaban J connectivity index is 1.36. The van der Waals surface area contributed by atoms with Gasteiger partial charge in [-0.25, -0.2) is 4.68 Å². The van der Waals surface area contributed by atoms with E-state index < -0.39 is 0 Å². The third kappa shape index (κ3) is 5.45. The minimum atomic E-state index is -0.356. The molecule has 0 atom stereocenters. The quantitative estimate of drug-likeness (QED) is 0.398. The highest BCUT2D eigenvalue weighted by Gasteiger charge is 2.14. The Morgan fingerprint density at radius 2 is 1.82 bits per heavy atom. The molecule has 2 heterocycles. The van der Waals surface area contributed by atoms with E-state index in [0.717, 1.165) is 5.56 Å². The predicted molar refractivity (Wildman–Crippen MR) is 123 cm³/mol. The lowest BCUT2D eigenvalue weighted by molar-refractivity contribution is 0.102. The number of carbonyl (C=O) groups excluding carboxylic acids is 1. The average molecular weight is 468 g/mol. The number of hydrogen-bond acceptors (Lipinski definition) is 6. The fourth-order valence-corrected chi connectivity index (χ4v) is 3.39. The van der Waals surface area contributed by atoms with Crippen LogP contribution in [0.5, 0.6) is 17.2 Å². The molecule has 10 heteroatoms. The first-order chi connectivity index (χ1) is 16.1. The van der Waals surface area contributed by atoms with E-state index in [1.165, 1.54) is 4.68 Å².